The van der Waals surface area contributed by atoms with Crippen molar-refractivity contribution < 1.29 is 9.84 Å². The molecule has 0 fully saturated rings. The Bertz CT molecular complexity index is 663. The average Bonchev–Trinajstić information content (AvgIpc) is 2.61. The molecule has 0 radical (unpaired) electrons. The lowest BCUT2D eigenvalue weighted by Gasteiger charge is -2.12. The Labute approximate surface area is 166 Å². The number of hydrogen-bond acceptors (Lipinski definition) is 3. The van der Waals surface area contributed by atoms with Crippen molar-refractivity contribution in [3.63, 3.8) is 0 Å². The maximum absolute atomic E-state index is 9.99. The summed E-state index contributed by atoms with van der Waals surface area (Å²) in [6.07, 6.45) is 0.700. The van der Waals surface area contributed by atoms with Gasteiger partial charge in [-0.3, -0.25) is 0 Å². The van der Waals surface area contributed by atoms with E-state index in [0.29, 0.717) is 25.3 Å². The van der Waals surface area contributed by atoms with Crippen LogP contribution in [0.15, 0.2) is 53.5 Å². The summed E-state index contributed by atoms with van der Waals surface area (Å²) in [5.41, 5.74) is 2.05. The van der Waals surface area contributed by atoms with Crippen LogP contribution in [0.1, 0.15) is 18.1 Å². The summed E-state index contributed by atoms with van der Waals surface area (Å²) in [7, 11) is 1.59. The van der Waals surface area contributed by atoms with Gasteiger partial charge in [-0.15, -0.1) is 24.0 Å². The fraction of sp³-hybridized carbons (Fsp3) is 0.316. The second-order valence-corrected chi connectivity index (χ2v) is 5.35. The van der Waals surface area contributed by atoms with Gasteiger partial charge >= 0.3 is 0 Å². The molecule has 5 nitrogen and oxygen atoms in total. The summed E-state index contributed by atoms with van der Waals surface area (Å²) < 4.78 is 5.09. The highest BCUT2D eigenvalue weighted by atomic mass is 127. The average molecular weight is 455 g/mol. The topological polar surface area (TPSA) is 65.9 Å². The van der Waals surface area contributed by atoms with Gasteiger partial charge in [0.25, 0.3) is 0 Å². The van der Waals surface area contributed by atoms with Crippen LogP contribution in [0, 0.1) is 0 Å². The number of benzene rings is 2. The molecule has 3 N–H and O–H groups in total. The fourth-order valence-electron chi connectivity index (χ4n) is 2.29. The van der Waals surface area contributed by atoms with Crippen molar-refractivity contribution in [1.29, 1.82) is 0 Å². The van der Waals surface area contributed by atoms with Gasteiger partial charge in [0.1, 0.15) is 11.5 Å². The molecule has 0 atom stereocenters. The molecule has 0 aliphatic rings. The van der Waals surface area contributed by atoms with Gasteiger partial charge in [0, 0.05) is 19.2 Å². The third-order valence-corrected chi connectivity index (χ3v) is 3.59. The number of aliphatic imine (C=N–C) groups is 1. The Kier molecular flexibility index (Phi) is 9.76. The van der Waals surface area contributed by atoms with E-state index in [4.69, 9.17) is 4.74 Å². The third-order valence-electron chi connectivity index (χ3n) is 3.59. The van der Waals surface area contributed by atoms with Crippen molar-refractivity contribution in [3.8, 4) is 11.5 Å². The van der Waals surface area contributed by atoms with Crippen molar-refractivity contribution >= 4 is 29.9 Å². The number of aromatic hydroxyl groups is 1. The summed E-state index contributed by atoms with van der Waals surface area (Å²) in [5, 5.41) is 16.5. The van der Waals surface area contributed by atoms with Gasteiger partial charge < -0.3 is 20.5 Å². The van der Waals surface area contributed by atoms with Gasteiger partial charge in [-0.2, -0.15) is 0 Å². The first-order valence-electron chi connectivity index (χ1n) is 8.15. The summed E-state index contributed by atoms with van der Waals surface area (Å²) in [4.78, 5) is 4.58. The van der Waals surface area contributed by atoms with Gasteiger partial charge in [-0.25, -0.2) is 4.99 Å². The minimum Gasteiger partial charge on any atom is -0.508 e. The van der Waals surface area contributed by atoms with Crippen LogP contribution in [0.3, 0.4) is 0 Å². The Hall–Kier alpha value is -1.96. The molecule has 0 amide bonds. The number of methoxy groups -OCH3 is 1. The Balaban J connectivity index is 0.00000312. The van der Waals surface area contributed by atoms with Crippen LogP contribution in [-0.4, -0.2) is 31.3 Å². The minimum atomic E-state index is 0. The van der Waals surface area contributed by atoms with Crippen molar-refractivity contribution in [2.75, 3.05) is 20.2 Å². The first-order chi connectivity index (χ1) is 11.7. The number of ether oxygens (including phenoxy) is 1. The van der Waals surface area contributed by atoms with Gasteiger partial charge in [-0.05, 0) is 30.5 Å². The molecule has 0 aromatic heterocycles. The molecule has 0 spiro atoms. The number of phenolic OH excluding ortho intramolecular Hbond substituents is 1. The van der Waals surface area contributed by atoms with E-state index in [1.807, 2.05) is 37.3 Å². The molecule has 0 unspecified atom stereocenters. The molecule has 2 aromatic rings. The zero-order chi connectivity index (χ0) is 17.2. The summed E-state index contributed by atoms with van der Waals surface area (Å²) >= 11 is 0. The van der Waals surface area contributed by atoms with E-state index in [1.54, 1.807) is 13.2 Å². The third kappa shape index (κ3) is 7.21. The highest BCUT2D eigenvalue weighted by Crippen LogP contribution is 2.23. The summed E-state index contributed by atoms with van der Waals surface area (Å²) in [6.45, 7) is 4.15. The lowest BCUT2D eigenvalue weighted by Crippen LogP contribution is -2.38. The van der Waals surface area contributed by atoms with Gasteiger partial charge in [-0.1, -0.05) is 36.4 Å². The molecule has 2 rings (SSSR count). The molecule has 0 bridgehead atoms. The lowest BCUT2D eigenvalue weighted by molar-refractivity contribution is 0.406. The summed E-state index contributed by atoms with van der Waals surface area (Å²) in [5.74, 6) is 1.68. The number of phenols is 1. The van der Waals surface area contributed by atoms with Gasteiger partial charge in [0.05, 0.1) is 13.7 Å². The largest absolute Gasteiger partial charge is 0.508 e. The SMILES string of the molecule is CCNC(=NCc1ccccc1)NCCc1ccc(OC)cc1O.I. The zero-order valence-electron chi connectivity index (χ0n) is 14.7. The van der Waals surface area contributed by atoms with E-state index >= 15 is 0 Å². The number of nitrogens with zero attached hydrogens (tertiary/aromatic N) is 1. The van der Waals surface area contributed by atoms with E-state index < -0.39 is 0 Å². The molecule has 0 aliphatic heterocycles. The van der Waals surface area contributed by atoms with Crippen LogP contribution < -0.4 is 15.4 Å². The highest BCUT2D eigenvalue weighted by molar-refractivity contribution is 14.0. The van der Waals surface area contributed by atoms with E-state index in [0.717, 1.165) is 18.1 Å². The minimum absolute atomic E-state index is 0. The number of nitrogens with one attached hydrogen (secondary N) is 2. The van der Waals surface area contributed by atoms with Crippen LogP contribution in [0.5, 0.6) is 11.5 Å². The molecule has 0 aliphatic carbocycles. The Morgan fingerprint density at radius 2 is 1.88 bits per heavy atom. The Morgan fingerprint density at radius 1 is 1.12 bits per heavy atom. The maximum Gasteiger partial charge on any atom is 0.191 e. The molecule has 0 saturated carbocycles. The van der Waals surface area contributed by atoms with Gasteiger partial charge in [0.2, 0.25) is 0 Å². The summed E-state index contributed by atoms with van der Waals surface area (Å²) in [6, 6.07) is 15.5. The van der Waals surface area contributed by atoms with Crippen LogP contribution in [-0.2, 0) is 13.0 Å². The van der Waals surface area contributed by atoms with Crippen LogP contribution >= 0.6 is 24.0 Å². The molecule has 0 saturated heterocycles. The molecular formula is C19H26IN3O2. The maximum atomic E-state index is 9.99. The predicted molar refractivity (Wildman–Crippen MR) is 113 cm³/mol. The second-order valence-electron chi connectivity index (χ2n) is 5.35. The monoisotopic (exact) mass is 455 g/mol. The number of halogens is 1. The fourth-order valence-corrected chi connectivity index (χ4v) is 2.29. The molecule has 25 heavy (non-hydrogen) atoms. The smallest absolute Gasteiger partial charge is 0.191 e. The quantitative estimate of drug-likeness (QED) is 0.341. The van der Waals surface area contributed by atoms with E-state index in [9.17, 15) is 5.11 Å². The number of rotatable bonds is 7. The molecule has 2 aromatic carbocycles. The van der Waals surface area contributed by atoms with Crippen LogP contribution in [0.4, 0.5) is 0 Å². The number of guanidine groups is 1. The first kappa shape index (κ1) is 21.1. The second kappa shape index (κ2) is 11.6. The number of hydrogen-bond donors (Lipinski definition) is 3. The molecular weight excluding hydrogens is 429 g/mol. The first-order valence-corrected chi connectivity index (χ1v) is 8.15. The Morgan fingerprint density at radius 3 is 2.52 bits per heavy atom. The van der Waals surface area contributed by atoms with E-state index in [1.165, 1.54) is 5.56 Å². The van der Waals surface area contributed by atoms with Crippen molar-refractivity contribution in [1.82, 2.24) is 10.6 Å². The molecule has 0 heterocycles. The zero-order valence-corrected chi connectivity index (χ0v) is 17.0. The van der Waals surface area contributed by atoms with Crippen LogP contribution in [0.25, 0.3) is 0 Å². The van der Waals surface area contributed by atoms with Gasteiger partial charge in [0.15, 0.2) is 5.96 Å². The van der Waals surface area contributed by atoms with Crippen LogP contribution in [0.2, 0.25) is 0 Å². The lowest BCUT2D eigenvalue weighted by atomic mass is 10.1. The van der Waals surface area contributed by atoms with Crippen molar-refractivity contribution in [3.05, 3.63) is 59.7 Å². The highest BCUT2D eigenvalue weighted by Gasteiger charge is 2.04. The molecule has 6 heteroatoms. The van der Waals surface area contributed by atoms with Crippen molar-refractivity contribution in [2.24, 2.45) is 4.99 Å². The standard InChI is InChI=1S/C19H25N3O2.HI/c1-3-20-19(22-14-15-7-5-4-6-8-15)21-12-11-16-9-10-17(24-2)13-18(16)23;/h4-10,13,23H,3,11-12,14H2,1-2H3,(H2,20,21,22);1H. The normalized spacial score (nSPS) is 10.7. The van der Waals surface area contributed by atoms with E-state index in [-0.39, 0.29) is 29.7 Å². The predicted octanol–water partition coefficient (Wildman–Crippen LogP) is 3.32. The van der Waals surface area contributed by atoms with E-state index in [2.05, 4.69) is 27.8 Å². The molecule has 136 valence electrons. The van der Waals surface area contributed by atoms with Crippen molar-refractivity contribution in [2.45, 2.75) is 19.9 Å².